The Morgan fingerprint density at radius 2 is 2.17 bits per heavy atom. The Balaban J connectivity index is 2.77. The van der Waals surface area contributed by atoms with Crippen molar-refractivity contribution in [3.63, 3.8) is 0 Å². The van der Waals surface area contributed by atoms with Gasteiger partial charge in [-0.1, -0.05) is 13.8 Å². The maximum atomic E-state index is 5.42. The lowest BCUT2D eigenvalue weighted by Crippen LogP contribution is -2.03. The molecule has 0 amide bonds. The van der Waals surface area contributed by atoms with Gasteiger partial charge in [-0.25, -0.2) is 4.98 Å². The van der Waals surface area contributed by atoms with Crippen LogP contribution < -0.4 is 5.73 Å². The van der Waals surface area contributed by atoms with E-state index in [0.717, 1.165) is 18.1 Å². The fourth-order valence-corrected chi connectivity index (χ4v) is 1.10. The van der Waals surface area contributed by atoms with Crippen molar-refractivity contribution in [1.29, 1.82) is 0 Å². The third-order valence-electron chi connectivity index (χ3n) is 1.67. The number of rotatable bonds is 3. The zero-order valence-corrected chi connectivity index (χ0v) is 7.91. The van der Waals surface area contributed by atoms with Gasteiger partial charge in [-0.2, -0.15) is 5.10 Å². The predicted octanol–water partition coefficient (Wildman–Crippen LogP) is 0.472. The van der Waals surface area contributed by atoms with Gasteiger partial charge in [-0.15, -0.1) is 0 Å². The lowest BCUT2D eigenvalue weighted by Gasteiger charge is -2.01. The Labute approximate surface area is 72.8 Å². The van der Waals surface area contributed by atoms with Crippen molar-refractivity contribution in [2.24, 2.45) is 18.7 Å². The molecule has 0 saturated carbocycles. The van der Waals surface area contributed by atoms with Crippen molar-refractivity contribution in [2.45, 2.75) is 26.8 Å². The second-order valence-corrected chi connectivity index (χ2v) is 3.37. The number of aromatic nitrogens is 3. The smallest absolute Gasteiger partial charge is 0.164 e. The van der Waals surface area contributed by atoms with Crippen LogP contribution in [-0.4, -0.2) is 14.8 Å². The van der Waals surface area contributed by atoms with Gasteiger partial charge in [0, 0.05) is 13.5 Å². The van der Waals surface area contributed by atoms with Gasteiger partial charge in [0.1, 0.15) is 5.82 Å². The molecule has 0 aliphatic carbocycles. The van der Waals surface area contributed by atoms with Gasteiger partial charge < -0.3 is 5.73 Å². The summed E-state index contributed by atoms with van der Waals surface area (Å²) in [5.41, 5.74) is 5.42. The molecule has 0 aliphatic rings. The van der Waals surface area contributed by atoms with Crippen LogP contribution in [0, 0.1) is 5.92 Å². The first-order valence-corrected chi connectivity index (χ1v) is 4.22. The van der Waals surface area contributed by atoms with Gasteiger partial charge in [-0.05, 0) is 5.92 Å². The fraction of sp³-hybridized carbons (Fsp3) is 0.750. The molecule has 1 aromatic rings. The molecule has 1 aromatic heterocycles. The molecule has 0 unspecified atom stereocenters. The van der Waals surface area contributed by atoms with Crippen LogP contribution in [0.2, 0.25) is 0 Å². The van der Waals surface area contributed by atoms with E-state index in [2.05, 4.69) is 23.9 Å². The van der Waals surface area contributed by atoms with E-state index in [1.54, 1.807) is 0 Å². The maximum Gasteiger partial charge on any atom is 0.164 e. The van der Waals surface area contributed by atoms with E-state index in [0.29, 0.717) is 12.5 Å². The van der Waals surface area contributed by atoms with E-state index in [1.807, 2.05) is 11.7 Å². The largest absolute Gasteiger partial charge is 0.324 e. The molecule has 0 spiro atoms. The summed E-state index contributed by atoms with van der Waals surface area (Å²) in [6.07, 6.45) is 0.962. The van der Waals surface area contributed by atoms with Gasteiger partial charge >= 0.3 is 0 Å². The highest BCUT2D eigenvalue weighted by atomic mass is 15.3. The van der Waals surface area contributed by atoms with Crippen molar-refractivity contribution >= 4 is 0 Å². The molecule has 0 aromatic carbocycles. The molecule has 2 N–H and O–H groups in total. The predicted molar refractivity (Wildman–Crippen MR) is 47.4 cm³/mol. The van der Waals surface area contributed by atoms with E-state index in [9.17, 15) is 0 Å². The van der Waals surface area contributed by atoms with Gasteiger partial charge in [-0.3, -0.25) is 4.68 Å². The topological polar surface area (TPSA) is 56.7 Å². The van der Waals surface area contributed by atoms with Gasteiger partial charge in [0.05, 0.1) is 6.54 Å². The third kappa shape index (κ3) is 2.04. The van der Waals surface area contributed by atoms with E-state index >= 15 is 0 Å². The molecule has 0 bridgehead atoms. The summed E-state index contributed by atoms with van der Waals surface area (Å²) in [5.74, 6) is 2.36. The first-order valence-electron chi connectivity index (χ1n) is 4.22. The summed E-state index contributed by atoms with van der Waals surface area (Å²) in [5, 5.41) is 4.16. The maximum absolute atomic E-state index is 5.42. The molecule has 68 valence electrons. The van der Waals surface area contributed by atoms with E-state index in [4.69, 9.17) is 5.73 Å². The Morgan fingerprint density at radius 3 is 2.58 bits per heavy atom. The minimum absolute atomic E-state index is 0.423. The van der Waals surface area contributed by atoms with Crippen molar-refractivity contribution in [3.8, 4) is 0 Å². The molecule has 0 saturated heterocycles. The molecule has 1 heterocycles. The van der Waals surface area contributed by atoms with Crippen molar-refractivity contribution in [2.75, 3.05) is 0 Å². The highest BCUT2D eigenvalue weighted by molar-refractivity contribution is 4.92. The van der Waals surface area contributed by atoms with Gasteiger partial charge in [0.25, 0.3) is 0 Å². The Kier molecular flexibility index (Phi) is 2.81. The second-order valence-electron chi connectivity index (χ2n) is 3.37. The first-order chi connectivity index (χ1) is 5.63. The number of hydrogen-bond acceptors (Lipinski definition) is 3. The molecule has 0 aliphatic heterocycles. The lowest BCUT2D eigenvalue weighted by atomic mass is 10.1. The van der Waals surface area contributed by atoms with Crippen LogP contribution in [0.1, 0.15) is 25.5 Å². The average Bonchev–Trinajstić information content (AvgIpc) is 2.31. The molecule has 4 nitrogen and oxygen atoms in total. The molecule has 0 radical (unpaired) electrons. The summed E-state index contributed by atoms with van der Waals surface area (Å²) >= 11 is 0. The lowest BCUT2D eigenvalue weighted by molar-refractivity contribution is 0.584. The van der Waals surface area contributed by atoms with Gasteiger partial charge in [0.2, 0.25) is 0 Å². The first kappa shape index (κ1) is 9.19. The number of nitrogens with two attached hydrogens (primary N) is 1. The summed E-state index contributed by atoms with van der Waals surface area (Å²) < 4.78 is 1.81. The van der Waals surface area contributed by atoms with Gasteiger partial charge in [0.15, 0.2) is 5.82 Å². The summed E-state index contributed by atoms with van der Waals surface area (Å²) in [6.45, 7) is 4.75. The zero-order valence-electron chi connectivity index (χ0n) is 7.91. The zero-order chi connectivity index (χ0) is 9.14. The molecular formula is C8H16N4. The number of nitrogens with zero attached hydrogens (tertiary/aromatic N) is 3. The van der Waals surface area contributed by atoms with Crippen LogP contribution in [0.3, 0.4) is 0 Å². The second kappa shape index (κ2) is 3.67. The van der Waals surface area contributed by atoms with Crippen LogP contribution in [0.15, 0.2) is 0 Å². The minimum atomic E-state index is 0.423. The molecule has 0 fully saturated rings. The Bertz CT molecular complexity index is 252. The van der Waals surface area contributed by atoms with Crippen LogP contribution >= 0.6 is 0 Å². The molecule has 4 heteroatoms. The van der Waals surface area contributed by atoms with E-state index in [-0.39, 0.29) is 0 Å². The normalized spacial score (nSPS) is 11.1. The monoisotopic (exact) mass is 168 g/mol. The molecule has 12 heavy (non-hydrogen) atoms. The van der Waals surface area contributed by atoms with Crippen LogP contribution in [-0.2, 0) is 20.0 Å². The number of aryl methyl sites for hydroxylation is 1. The van der Waals surface area contributed by atoms with Crippen LogP contribution in [0.5, 0.6) is 0 Å². The minimum Gasteiger partial charge on any atom is -0.324 e. The average molecular weight is 168 g/mol. The van der Waals surface area contributed by atoms with Crippen LogP contribution in [0.25, 0.3) is 0 Å². The SMILES string of the molecule is CC(C)Cc1nc(CN)nn1C. The molecule has 1 rings (SSSR count). The number of hydrogen-bond donors (Lipinski definition) is 1. The molecule has 0 atom stereocenters. The van der Waals surface area contributed by atoms with E-state index < -0.39 is 0 Å². The fourth-order valence-electron chi connectivity index (χ4n) is 1.10. The quantitative estimate of drug-likeness (QED) is 0.714. The van der Waals surface area contributed by atoms with Crippen molar-refractivity contribution in [1.82, 2.24) is 14.8 Å². The Morgan fingerprint density at radius 1 is 1.50 bits per heavy atom. The Hall–Kier alpha value is -0.900. The van der Waals surface area contributed by atoms with Crippen molar-refractivity contribution < 1.29 is 0 Å². The summed E-state index contributed by atoms with van der Waals surface area (Å²) in [6, 6.07) is 0. The third-order valence-corrected chi connectivity index (χ3v) is 1.67. The van der Waals surface area contributed by atoms with Crippen molar-refractivity contribution in [3.05, 3.63) is 11.6 Å². The summed E-state index contributed by atoms with van der Waals surface area (Å²) in [7, 11) is 1.91. The van der Waals surface area contributed by atoms with Crippen LogP contribution in [0.4, 0.5) is 0 Å². The molecular weight excluding hydrogens is 152 g/mol. The highest BCUT2D eigenvalue weighted by Crippen LogP contribution is 2.04. The van der Waals surface area contributed by atoms with E-state index in [1.165, 1.54) is 0 Å². The highest BCUT2D eigenvalue weighted by Gasteiger charge is 2.06. The summed E-state index contributed by atoms with van der Waals surface area (Å²) in [4.78, 5) is 4.30. The standard InChI is InChI=1S/C8H16N4/c1-6(2)4-8-10-7(5-9)11-12(8)3/h6H,4-5,9H2,1-3H3.